The van der Waals surface area contributed by atoms with Crippen LogP contribution >= 0.6 is 11.3 Å². The van der Waals surface area contributed by atoms with Crippen molar-refractivity contribution in [2.75, 3.05) is 42.9 Å². The molecule has 0 unspecified atom stereocenters. The summed E-state index contributed by atoms with van der Waals surface area (Å²) in [5, 5.41) is 3.67. The van der Waals surface area contributed by atoms with E-state index in [1.807, 2.05) is 0 Å². The van der Waals surface area contributed by atoms with Gasteiger partial charge in [-0.3, -0.25) is 9.69 Å². The molecular weight excluding hydrogens is 332 g/mol. The van der Waals surface area contributed by atoms with E-state index in [1.54, 1.807) is 11.3 Å². The van der Waals surface area contributed by atoms with Crippen LogP contribution in [0.15, 0.2) is 24.3 Å². The molecule has 1 fully saturated rings. The van der Waals surface area contributed by atoms with Crippen molar-refractivity contribution in [3.63, 3.8) is 0 Å². The van der Waals surface area contributed by atoms with Gasteiger partial charge >= 0.3 is 0 Å². The largest absolute Gasteiger partial charge is 0.369 e. The first-order valence-electron chi connectivity index (χ1n) is 8.85. The molecule has 0 atom stereocenters. The molecular formula is C19H26N4OS. The molecule has 0 radical (unpaired) electrons. The molecule has 1 aliphatic heterocycles. The minimum absolute atomic E-state index is 0.0282. The minimum Gasteiger partial charge on any atom is -0.369 e. The second-order valence-electron chi connectivity index (χ2n) is 6.53. The maximum atomic E-state index is 12.3. The molecule has 1 aliphatic rings. The monoisotopic (exact) mass is 358 g/mol. The van der Waals surface area contributed by atoms with Crippen molar-refractivity contribution < 1.29 is 4.79 Å². The molecule has 2 heterocycles. The van der Waals surface area contributed by atoms with Gasteiger partial charge in [-0.25, -0.2) is 4.98 Å². The number of hydrogen-bond acceptors (Lipinski definition) is 5. The summed E-state index contributed by atoms with van der Waals surface area (Å²) < 4.78 is 0. The number of carbonyl (C=O) groups is 1. The summed E-state index contributed by atoms with van der Waals surface area (Å²) in [7, 11) is 0. The Morgan fingerprint density at radius 2 is 2.00 bits per heavy atom. The second kappa shape index (κ2) is 7.97. The predicted molar refractivity (Wildman–Crippen MR) is 105 cm³/mol. The molecule has 134 valence electrons. The molecule has 0 aliphatic carbocycles. The Morgan fingerprint density at radius 3 is 2.64 bits per heavy atom. The average molecular weight is 359 g/mol. The van der Waals surface area contributed by atoms with E-state index in [2.05, 4.69) is 65.1 Å². The summed E-state index contributed by atoms with van der Waals surface area (Å²) in [5.74, 6) is 0.0282. The number of amides is 1. The maximum Gasteiger partial charge on any atom is 0.240 e. The van der Waals surface area contributed by atoms with Crippen molar-refractivity contribution in [1.29, 1.82) is 0 Å². The zero-order valence-electron chi connectivity index (χ0n) is 15.2. The highest BCUT2D eigenvalue weighted by Gasteiger charge is 2.20. The van der Waals surface area contributed by atoms with Crippen LogP contribution in [-0.2, 0) is 11.2 Å². The second-order valence-corrected chi connectivity index (χ2v) is 7.73. The minimum atomic E-state index is 0.0282. The molecule has 25 heavy (non-hydrogen) atoms. The fourth-order valence-corrected chi connectivity index (χ4v) is 4.08. The fourth-order valence-electron chi connectivity index (χ4n) is 3.16. The molecule has 2 aromatic rings. The van der Waals surface area contributed by atoms with Crippen LogP contribution in [0.25, 0.3) is 0 Å². The van der Waals surface area contributed by atoms with Crippen molar-refractivity contribution in [2.45, 2.75) is 27.2 Å². The van der Waals surface area contributed by atoms with E-state index in [1.165, 1.54) is 16.1 Å². The van der Waals surface area contributed by atoms with E-state index in [9.17, 15) is 4.79 Å². The van der Waals surface area contributed by atoms with Gasteiger partial charge in [0, 0.05) is 36.7 Å². The lowest BCUT2D eigenvalue weighted by Crippen LogP contribution is -2.48. The Hall–Kier alpha value is -1.92. The van der Waals surface area contributed by atoms with Gasteiger partial charge in [-0.15, -0.1) is 11.3 Å². The molecule has 1 aromatic carbocycles. The maximum absolute atomic E-state index is 12.3. The van der Waals surface area contributed by atoms with Crippen LogP contribution in [0.2, 0.25) is 0 Å². The van der Waals surface area contributed by atoms with Gasteiger partial charge in [0.15, 0.2) is 5.13 Å². The van der Waals surface area contributed by atoms with E-state index in [4.69, 9.17) is 0 Å². The molecule has 1 N–H and O–H groups in total. The third kappa shape index (κ3) is 4.58. The third-order valence-electron chi connectivity index (χ3n) is 4.58. The van der Waals surface area contributed by atoms with Crippen molar-refractivity contribution in [3.8, 4) is 0 Å². The standard InChI is InChI=1S/C19H26N4OS/c1-4-17-15(3)25-19(20-17)21-18(24)13-22-8-10-23(11-9-22)16-7-5-6-14(2)12-16/h5-7,12H,4,8-11,13H2,1-3H3,(H,20,21,24). The number of hydrogen-bond donors (Lipinski definition) is 1. The zero-order chi connectivity index (χ0) is 17.8. The average Bonchev–Trinajstić information content (AvgIpc) is 2.94. The summed E-state index contributed by atoms with van der Waals surface area (Å²) in [6.07, 6.45) is 0.902. The Bertz CT molecular complexity index is 735. The van der Waals surface area contributed by atoms with Crippen LogP contribution in [0.3, 0.4) is 0 Å². The summed E-state index contributed by atoms with van der Waals surface area (Å²) >= 11 is 1.56. The van der Waals surface area contributed by atoms with Crippen LogP contribution in [-0.4, -0.2) is 48.5 Å². The lowest BCUT2D eigenvalue weighted by atomic mass is 10.2. The Labute approximate surface area is 153 Å². The lowest BCUT2D eigenvalue weighted by Gasteiger charge is -2.35. The highest BCUT2D eigenvalue weighted by Crippen LogP contribution is 2.22. The normalized spacial score (nSPS) is 15.4. The van der Waals surface area contributed by atoms with Gasteiger partial charge in [0.05, 0.1) is 12.2 Å². The lowest BCUT2D eigenvalue weighted by molar-refractivity contribution is -0.117. The quantitative estimate of drug-likeness (QED) is 0.892. The summed E-state index contributed by atoms with van der Waals surface area (Å²) in [6.45, 7) is 10.4. The molecule has 1 aromatic heterocycles. The number of carbonyl (C=O) groups excluding carboxylic acids is 1. The molecule has 0 bridgehead atoms. The van der Waals surface area contributed by atoms with Gasteiger partial charge in [-0.2, -0.15) is 0 Å². The van der Waals surface area contributed by atoms with Gasteiger partial charge in [-0.05, 0) is 38.0 Å². The first-order valence-corrected chi connectivity index (χ1v) is 9.67. The predicted octanol–water partition coefficient (Wildman–Crippen LogP) is 3.08. The van der Waals surface area contributed by atoms with Crippen LogP contribution in [0.5, 0.6) is 0 Å². The van der Waals surface area contributed by atoms with E-state index >= 15 is 0 Å². The van der Waals surface area contributed by atoms with E-state index in [-0.39, 0.29) is 5.91 Å². The molecule has 1 saturated heterocycles. The first kappa shape index (κ1) is 17.9. The van der Waals surface area contributed by atoms with E-state index < -0.39 is 0 Å². The van der Waals surface area contributed by atoms with Crippen LogP contribution in [0.4, 0.5) is 10.8 Å². The smallest absolute Gasteiger partial charge is 0.240 e. The number of aromatic nitrogens is 1. The Kier molecular flexibility index (Phi) is 5.71. The number of aryl methyl sites for hydroxylation is 3. The number of nitrogens with zero attached hydrogens (tertiary/aromatic N) is 3. The number of piperazine rings is 1. The van der Waals surface area contributed by atoms with Gasteiger partial charge in [0.25, 0.3) is 0 Å². The zero-order valence-corrected chi connectivity index (χ0v) is 16.0. The molecule has 3 rings (SSSR count). The molecule has 6 heteroatoms. The van der Waals surface area contributed by atoms with Crippen LogP contribution in [0.1, 0.15) is 23.1 Å². The van der Waals surface area contributed by atoms with Crippen molar-refractivity contribution >= 4 is 28.1 Å². The van der Waals surface area contributed by atoms with Crippen LogP contribution in [0, 0.1) is 13.8 Å². The van der Waals surface area contributed by atoms with Crippen molar-refractivity contribution in [1.82, 2.24) is 9.88 Å². The first-order chi connectivity index (χ1) is 12.0. The van der Waals surface area contributed by atoms with E-state index in [0.717, 1.165) is 43.4 Å². The van der Waals surface area contributed by atoms with Crippen molar-refractivity contribution in [2.24, 2.45) is 0 Å². The van der Waals surface area contributed by atoms with Gasteiger partial charge < -0.3 is 10.2 Å². The molecule has 0 spiro atoms. The van der Waals surface area contributed by atoms with Gasteiger partial charge in [0.1, 0.15) is 0 Å². The fraction of sp³-hybridized carbons (Fsp3) is 0.474. The van der Waals surface area contributed by atoms with Gasteiger partial charge in [-0.1, -0.05) is 19.1 Å². The van der Waals surface area contributed by atoms with Crippen molar-refractivity contribution in [3.05, 3.63) is 40.4 Å². The SMILES string of the molecule is CCc1nc(NC(=O)CN2CCN(c3cccc(C)c3)CC2)sc1C. The number of rotatable bonds is 5. The summed E-state index contributed by atoms with van der Waals surface area (Å²) in [6, 6.07) is 8.60. The molecule has 5 nitrogen and oxygen atoms in total. The molecule has 0 saturated carbocycles. The molecule has 1 amide bonds. The number of nitrogens with one attached hydrogen (secondary N) is 1. The van der Waals surface area contributed by atoms with Crippen LogP contribution < -0.4 is 10.2 Å². The third-order valence-corrected chi connectivity index (χ3v) is 5.51. The van der Waals surface area contributed by atoms with Gasteiger partial charge in [0.2, 0.25) is 5.91 Å². The summed E-state index contributed by atoms with van der Waals surface area (Å²) in [4.78, 5) is 22.6. The number of thiazole rings is 1. The Morgan fingerprint density at radius 1 is 1.24 bits per heavy atom. The highest BCUT2D eigenvalue weighted by molar-refractivity contribution is 7.15. The Balaban J connectivity index is 1.49. The number of benzene rings is 1. The topological polar surface area (TPSA) is 48.5 Å². The van der Waals surface area contributed by atoms with E-state index in [0.29, 0.717) is 6.54 Å². The highest BCUT2D eigenvalue weighted by atomic mass is 32.1. The number of anilines is 2. The summed E-state index contributed by atoms with van der Waals surface area (Å²) in [5.41, 5.74) is 3.63.